The molecule has 0 unspecified atom stereocenters. The first-order chi connectivity index (χ1) is 6.88. The summed E-state index contributed by atoms with van der Waals surface area (Å²) in [5.74, 6) is -1.34. The number of aromatic carboxylic acids is 1. The lowest BCUT2D eigenvalue weighted by Gasteiger charge is -2.13. The molecule has 1 rings (SSSR count). The molecule has 0 atom stereocenters. The molecule has 2 nitrogen and oxygen atoms in total. The van der Waals surface area contributed by atoms with Gasteiger partial charge in [0.05, 0.1) is 11.1 Å². The molecule has 0 aliphatic carbocycles. The van der Waals surface area contributed by atoms with Gasteiger partial charge in [-0.2, -0.15) is 13.2 Å². The molecule has 0 heterocycles. The molecule has 0 spiro atoms. The zero-order valence-corrected chi connectivity index (χ0v) is 7.93. The smallest absolute Gasteiger partial charge is 0.416 e. The Morgan fingerprint density at radius 2 is 2.00 bits per heavy atom. The van der Waals surface area contributed by atoms with Gasteiger partial charge in [-0.25, -0.2) is 4.79 Å². The predicted octanol–water partition coefficient (Wildman–Crippen LogP) is 2.97. The average Bonchev–Trinajstić information content (AvgIpc) is 2.15. The van der Waals surface area contributed by atoms with Crippen molar-refractivity contribution in [1.29, 1.82) is 0 Å². The van der Waals surface area contributed by atoms with Crippen LogP contribution < -0.4 is 0 Å². The lowest BCUT2D eigenvalue weighted by molar-refractivity contribution is -0.138. The zero-order valence-electron chi connectivity index (χ0n) is 7.93. The highest BCUT2D eigenvalue weighted by Crippen LogP contribution is 2.33. The fourth-order valence-electron chi connectivity index (χ4n) is 1.43. The Kier molecular flexibility index (Phi) is 3.02. The molecule has 0 aliphatic rings. The first-order valence-corrected chi connectivity index (χ1v) is 4.30. The van der Waals surface area contributed by atoms with E-state index in [0.717, 1.165) is 12.1 Å². The van der Waals surface area contributed by atoms with E-state index in [1.165, 1.54) is 13.0 Å². The summed E-state index contributed by atoms with van der Waals surface area (Å²) in [7, 11) is 0. The largest absolute Gasteiger partial charge is 0.478 e. The monoisotopic (exact) mass is 218 g/mol. The van der Waals surface area contributed by atoms with Crippen LogP contribution in [0, 0.1) is 0 Å². The quantitative estimate of drug-likeness (QED) is 0.828. The summed E-state index contributed by atoms with van der Waals surface area (Å²) in [6.07, 6.45) is -4.46. The van der Waals surface area contributed by atoms with Gasteiger partial charge in [0.15, 0.2) is 0 Å². The van der Waals surface area contributed by atoms with E-state index in [1.807, 2.05) is 0 Å². The highest BCUT2D eigenvalue weighted by Gasteiger charge is 2.34. The molecule has 0 radical (unpaired) electrons. The molecular weight excluding hydrogens is 209 g/mol. The van der Waals surface area contributed by atoms with Crippen LogP contribution in [0.5, 0.6) is 0 Å². The second-order valence-corrected chi connectivity index (χ2v) is 2.99. The summed E-state index contributed by atoms with van der Waals surface area (Å²) in [4.78, 5) is 10.7. The average molecular weight is 218 g/mol. The third-order valence-electron chi connectivity index (χ3n) is 2.07. The van der Waals surface area contributed by atoms with Crippen LogP contribution in [0.2, 0.25) is 0 Å². The number of carboxylic acids is 1. The summed E-state index contributed by atoms with van der Waals surface area (Å²) >= 11 is 0. The van der Waals surface area contributed by atoms with E-state index in [-0.39, 0.29) is 17.5 Å². The van der Waals surface area contributed by atoms with Gasteiger partial charge < -0.3 is 5.11 Å². The van der Waals surface area contributed by atoms with Crippen LogP contribution in [0.4, 0.5) is 13.2 Å². The Hall–Kier alpha value is -1.52. The van der Waals surface area contributed by atoms with Gasteiger partial charge in [-0.1, -0.05) is 13.0 Å². The molecule has 0 saturated carbocycles. The van der Waals surface area contributed by atoms with Crippen molar-refractivity contribution >= 4 is 5.97 Å². The SMILES string of the molecule is CCc1c(C(=O)O)cccc1C(F)(F)F. The molecular formula is C10H9F3O2. The van der Waals surface area contributed by atoms with Crippen LogP contribution in [0.25, 0.3) is 0 Å². The number of hydrogen-bond donors (Lipinski definition) is 1. The summed E-state index contributed by atoms with van der Waals surface area (Å²) in [5, 5.41) is 8.72. The Morgan fingerprint density at radius 3 is 2.40 bits per heavy atom. The third kappa shape index (κ3) is 2.29. The number of hydrogen-bond acceptors (Lipinski definition) is 1. The molecule has 5 heteroatoms. The van der Waals surface area contributed by atoms with Gasteiger partial charge in [0, 0.05) is 0 Å². The number of carbonyl (C=O) groups is 1. The molecule has 1 N–H and O–H groups in total. The van der Waals surface area contributed by atoms with E-state index in [0.29, 0.717) is 0 Å². The highest BCUT2D eigenvalue weighted by molar-refractivity contribution is 5.89. The molecule has 1 aromatic rings. The summed E-state index contributed by atoms with van der Waals surface area (Å²) in [6.45, 7) is 1.50. The van der Waals surface area contributed by atoms with Gasteiger partial charge in [0.1, 0.15) is 0 Å². The van der Waals surface area contributed by atoms with Crippen molar-refractivity contribution in [2.75, 3.05) is 0 Å². The molecule has 0 bridgehead atoms. The van der Waals surface area contributed by atoms with Gasteiger partial charge in [-0.3, -0.25) is 0 Å². The van der Waals surface area contributed by atoms with Crippen molar-refractivity contribution in [3.63, 3.8) is 0 Å². The number of carboxylic acid groups (broad SMARTS) is 1. The maximum absolute atomic E-state index is 12.5. The van der Waals surface area contributed by atoms with Crippen LogP contribution in [0.3, 0.4) is 0 Å². The normalized spacial score (nSPS) is 11.5. The molecule has 1 aromatic carbocycles. The Labute approximate surface area is 84.3 Å². The van der Waals surface area contributed by atoms with Crippen LogP contribution in [0.15, 0.2) is 18.2 Å². The first-order valence-electron chi connectivity index (χ1n) is 4.30. The van der Waals surface area contributed by atoms with Gasteiger partial charge in [-0.05, 0) is 24.1 Å². The highest BCUT2D eigenvalue weighted by atomic mass is 19.4. The first kappa shape index (κ1) is 11.6. The predicted molar refractivity (Wildman–Crippen MR) is 47.8 cm³/mol. The van der Waals surface area contributed by atoms with E-state index in [4.69, 9.17) is 5.11 Å². The number of alkyl halides is 3. The third-order valence-corrected chi connectivity index (χ3v) is 2.07. The van der Waals surface area contributed by atoms with Gasteiger partial charge in [0.25, 0.3) is 0 Å². The van der Waals surface area contributed by atoms with Gasteiger partial charge >= 0.3 is 12.1 Å². The Balaban J connectivity index is 3.42. The van der Waals surface area contributed by atoms with Crippen LogP contribution in [-0.4, -0.2) is 11.1 Å². The van der Waals surface area contributed by atoms with Crippen molar-refractivity contribution < 1.29 is 23.1 Å². The summed E-state index contributed by atoms with van der Waals surface area (Å²) in [6, 6.07) is 3.17. The minimum Gasteiger partial charge on any atom is -0.478 e. The van der Waals surface area contributed by atoms with Gasteiger partial charge in [0.2, 0.25) is 0 Å². The maximum Gasteiger partial charge on any atom is 0.416 e. The Morgan fingerprint density at radius 1 is 1.40 bits per heavy atom. The zero-order chi connectivity index (χ0) is 11.6. The molecule has 0 aromatic heterocycles. The van der Waals surface area contributed by atoms with E-state index >= 15 is 0 Å². The van der Waals surface area contributed by atoms with E-state index < -0.39 is 17.7 Å². The number of halogens is 3. The van der Waals surface area contributed by atoms with E-state index in [1.54, 1.807) is 0 Å². The van der Waals surface area contributed by atoms with E-state index in [9.17, 15) is 18.0 Å². The minimum absolute atomic E-state index is 0.0390. The molecule has 0 amide bonds. The van der Waals surface area contributed by atoms with Crippen LogP contribution >= 0.6 is 0 Å². The van der Waals surface area contributed by atoms with E-state index in [2.05, 4.69) is 0 Å². The van der Waals surface area contributed by atoms with Crippen LogP contribution in [-0.2, 0) is 12.6 Å². The van der Waals surface area contributed by atoms with Crippen molar-refractivity contribution in [3.8, 4) is 0 Å². The summed E-state index contributed by atoms with van der Waals surface area (Å²) in [5.41, 5.74) is -1.32. The number of benzene rings is 1. The molecule has 0 fully saturated rings. The maximum atomic E-state index is 12.5. The topological polar surface area (TPSA) is 37.3 Å². The molecule has 82 valence electrons. The van der Waals surface area contributed by atoms with Crippen LogP contribution in [0.1, 0.15) is 28.4 Å². The lowest BCUT2D eigenvalue weighted by Crippen LogP contribution is -2.13. The van der Waals surface area contributed by atoms with Crippen molar-refractivity contribution in [3.05, 3.63) is 34.9 Å². The molecule has 15 heavy (non-hydrogen) atoms. The number of rotatable bonds is 2. The van der Waals surface area contributed by atoms with Gasteiger partial charge in [-0.15, -0.1) is 0 Å². The standard InChI is InChI=1S/C10H9F3O2/c1-2-6-7(9(14)15)4-3-5-8(6)10(11,12)13/h3-5H,2H2,1H3,(H,14,15). The van der Waals surface area contributed by atoms with Crippen molar-refractivity contribution in [2.45, 2.75) is 19.5 Å². The fraction of sp³-hybridized carbons (Fsp3) is 0.300. The minimum atomic E-state index is -4.50. The fourth-order valence-corrected chi connectivity index (χ4v) is 1.43. The van der Waals surface area contributed by atoms with Crippen molar-refractivity contribution in [2.24, 2.45) is 0 Å². The summed E-state index contributed by atoms with van der Waals surface area (Å²) < 4.78 is 37.5. The second-order valence-electron chi connectivity index (χ2n) is 2.99. The second kappa shape index (κ2) is 3.92. The van der Waals surface area contributed by atoms with Crippen molar-refractivity contribution in [1.82, 2.24) is 0 Å². The molecule has 0 aliphatic heterocycles. The Bertz CT molecular complexity index is 383. The lowest BCUT2D eigenvalue weighted by atomic mass is 9.98. The molecule has 0 saturated heterocycles.